The molecule has 0 unspecified atom stereocenters. The van der Waals surface area contributed by atoms with Crippen LogP contribution in [-0.2, 0) is 16.6 Å². The fourth-order valence-corrected chi connectivity index (χ4v) is 4.26. The summed E-state index contributed by atoms with van der Waals surface area (Å²) in [5.41, 5.74) is 2.64. The lowest BCUT2D eigenvalue weighted by molar-refractivity contribution is 0.414. The van der Waals surface area contributed by atoms with Crippen LogP contribution < -0.4 is 9.46 Å². The van der Waals surface area contributed by atoms with Gasteiger partial charge in [-0.1, -0.05) is 19.1 Å². The Balaban J connectivity index is 1.82. The first kappa shape index (κ1) is 19.2. The summed E-state index contributed by atoms with van der Waals surface area (Å²) in [7, 11) is -2.27. The number of ether oxygens (including phenoxy) is 1. The maximum atomic E-state index is 12.9. The zero-order valence-electron chi connectivity index (χ0n) is 16.5. The van der Waals surface area contributed by atoms with Crippen LogP contribution in [0.4, 0.5) is 5.82 Å². The van der Waals surface area contributed by atoms with E-state index in [0.717, 1.165) is 22.9 Å². The third-order valence-corrected chi connectivity index (χ3v) is 6.06. The van der Waals surface area contributed by atoms with Crippen LogP contribution in [-0.4, -0.2) is 30.3 Å². The van der Waals surface area contributed by atoms with Gasteiger partial charge in [0, 0.05) is 11.9 Å². The number of sulfonamides is 1. The minimum Gasteiger partial charge on any atom is -0.497 e. The van der Waals surface area contributed by atoms with Gasteiger partial charge in [0.15, 0.2) is 11.5 Å². The van der Waals surface area contributed by atoms with Crippen LogP contribution in [0.1, 0.15) is 18.9 Å². The normalized spacial score (nSPS) is 11.8. The van der Waals surface area contributed by atoms with Gasteiger partial charge in [-0.3, -0.25) is 4.72 Å². The predicted octanol–water partition coefficient (Wildman–Crippen LogP) is 4.11. The highest BCUT2D eigenvalue weighted by Crippen LogP contribution is 2.28. The van der Waals surface area contributed by atoms with Gasteiger partial charge >= 0.3 is 0 Å². The molecular weight excluding hydrogens is 388 g/mol. The minimum atomic E-state index is -3.80. The summed E-state index contributed by atoms with van der Waals surface area (Å²) in [6.07, 6.45) is 0.856. The summed E-state index contributed by atoms with van der Waals surface area (Å²) >= 11 is 0. The number of fused-ring (bicyclic) bond motifs is 2. The van der Waals surface area contributed by atoms with E-state index >= 15 is 0 Å². The number of hydrogen-bond acceptors (Lipinski definition) is 5. The van der Waals surface area contributed by atoms with Crippen LogP contribution in [0.25, 0.3) is 21.9 Å². The monoisotopic (exact) mass is 410 g/mol. The van der Waals surface area contributed by atoms with Crippen LogP contribution in [0.2, 0.25) is 0 Å². The Morgan fingerprint density at radius 2 is 1.86 bits per heavy atom. The van der Waals surface area contributed by atoms with Crippen LogP contribution in [0, 0.1) is 6.92 Å². The lowest BCUT2D eigenvalue weighted by Crippen LogP contribution is -2.14. The SMILES string of the molecule is CCCn1nc(NS(=O)(=O)c2ccc(OC)cc2)c2cc3ccc(C)cc3nc21. The molecule has 150 valence electrons. The second kappa shape index (κ2) is 7.36. The average Bonchev–Trinajstić information content (AvgIpc) is 3.02. The Kier molecular flexibility index (Phi) is 4.87. The highest BCUT2D eigenvalue weighted by molar-refractivity contribution is 7.92. The summed E-state index contributed by atoms with van der Waals surface area (Å²) in [5.74, 6) is 0.867. The Bertz CT molecular complexity index is 1300. The molecule has 4 aromatic rings. The first-order chi connectivity index (χ1) is 13.9. The number of anilines is 1. The van der Waals surface area contributed by atoms with Crippen molar-refractivity contribution < 1.29 is 13.2 Å². The zero-order valence-corrected chi connectivity index (χ0v) is 17.3. The fraction of sp³-hybridized carbons (Fsp3) is 0.238. The summed E-state index contributed by atoms with van der Waals surface area (Å²) in [6.45, 7) is 4.70. The average molecular weight is 410 g/mol. The summed E-state index contributed by atoms with van der Waals surface area (Å²) in [6, 6.07) is 14.2. The molecule has 0 saturated heterocycles. The molecular formula is C21H22N4O3S. The molecule has 0 amide bonds. The van der Waals surface area contributed by atoms with Gasteiger partial charge in [0.2, 0.25) is 0 Å². The topological polar surface area (TPSA) is 86.1 Å². The third kappa shape index (κ3) is 3.63. The highest BCUT2D eigenvalue weighted by Gasteiger charge is 2.20. The molecule has 7 nitrogen and oxygen atoms in total. The maximum Gasteiger partial charge on any atom is 0.263 e. The molecule has 0 aliphatic rings. The molecule has 4 rings (SSSR count). The van der Waals surface area contributed by atoms with Crippen molar-refractivity contribution in [3.05, 3.63) is 54.1 Å². The number of nitrogens with one attached hydrogen (secondary N) is 1. The number of benzene rings is 2. The first-order valence-corrected chi connectivity index (χ1v) is 10.8. The van der Waals surface area contributed by atoms with Crippen molar-refractivity contribution in [3.8, 4) is 5.75 Å². The number of pyridine rings is 1. The third-order valence-electron chi connectivity index (χ3n) is 4.71. The first-order valence-electron chi connectivity index (χ1n) is 9.36. The van der Waals surface area contributed by atoms with E-state index in [2.05, 4.69) is 9.82 Å². The van der Waals surface area contributed by atoms with Crippen molar-refractivity contribution in [3.63, 3.8) is 0 Å². The van der Waals surface area contributed by atoms with Crippen molar-refractivity contribution in [2.75, 3.05) is 11.8 Å². The molecule has 8 heteroatoms. The molecule has 1 N–H and O–H groups in total. The van der Waals surface area contributed by atoms with E-state index < -0.39 is 10.0 Å². The lowest BCUT2D eigenvalue weighted by Gasteiger charge is -2.07. The van der Waals surface area contributed by atoms with Gasteiger partial charge in [0.05, 0.1) is 22.9 Å². The van der Waals surface area contributed by atoms with Gasteiger partial charge in [-0.05, 0) is 55.3 Å². The molecule has 0 aliphatic heterocycles. The number of rotatable bonds is 6. The van der Waals surface area contributed by atoms with Crippen molar-refractivity contribution in [2.45, 2.75) is 31.7 Å². The van der Waals surface area contributed by atoms with Crippen LogP contribution in [0.5, 0.6) is 5.75 Å². The van der Waals surface area contributed by atoms with E-state index in [4.69, 9.17) is 9.72 Å². The molecule has 0 radical (unpaired) electrons. The van der Waals surface area contributed by atoms with Gasteiger partial charge < -0.3 is 4.74 Å². The predicted molar refractivity (Wildman–Crippen MR) is 114 cm³/mol. The van der Waals surface area contributed by atoms with Crippen molar-refractivity contribution in [1.29, 1.82) is 0 Å². The quantitative estimate of drug-likeness (QED) is 0.517. The van der Waals surface area contributed by atoms with E-state index in [9.17, 15) is 8.42 Å². The minimum absolute atomic E-state index is 0.140. The molecule has 0 fully saturated rings. The van der Waals surface area contributed by atoms with Gasteiger partial charge in [-0.25, -0.2) is 18.1 Å². The van der Waals surface area contributed by atoms with E-state index in [0.29, 0.717) is 23.3 Å². The second-order valence-electron chi connectivity index (χ2n) is 6.91. The molecule has 0 bridgehead atoms. The zero-order chi connectivity index (χ0) is 20.6. The van der Waals surface area contributed by atoms with Crippen LogP contribution >= 0.6 is 0 Å². The van der Waals surface area contributed by atoms with Gasteiger partial charge in [-0.2, -0.15) is 5.10 Å². The number of nitrogens with zero attached hydrogens (tertiary/aromatic N) is 3. The lowest BCUT2D eigenvalue weighted by atomic mass is 10.1. The van der Waals surface area contributed by atoms with Gasteiger partial charge in [0.25, 0.3) is 10.0 Å². The largest absolute Gasteiger partial charge is 0.497 e. The van der Waals surface area contributed by atoms with E-state index in [1.165, 1.54) is 19.2 Å². The Hall–Kier alpha value is -3.13. The van der Waals surface area contributed by atoms with Crippen molar-refractivity contribution in [1.82, 2.24) is 14.8 Å². The molecule has 2 aromatic carbocycles. The maximum absolute atomic E-state index is 12.9. The van der Waals surface area contributed by atoms with Gasteiger partial charge in [0.1, 0.15) is 5.75 Å². The van der Waals surface area contributed by atoms with Crippen molar-refractivity contribution >= 4 is 37.8 Å². The molecule has 0 spiro atoms. The molecule has 0 saturated carbocycles. The standard InChI is InChI=1S/C21H22N4O3S/c1-4-11-25-21-18(13-15-6-5-14(2)12-19(15)22-21)20(23-25)24-29(26,27)17-9-7-16(28-3)8-10-17/h5-10,12-13H,4,11H2,1-3H3,(H,23,24). The van der Waals surface area contributed by atoms with E-state index in [-0.39, 0.29) is 10.7 Å². The van der Waals surface area contributed by atoms with Crippen molar-refractivity contribution in [2.24, 2.45) is 0 Å². The number of hydrogen-bond donors (Lipinski definition) is 1. The second-order valence-corrected chi connectivity index (χ2v) is 8.59. The smallest absolute Gasteiger partial charge is 0.263 e. The molecule has 0 atom stereocenters. The van der Waals surface area contributed by atoms with Crippen LogP contribution in [0.15, 0.2) is 53.4 Å². The Morgan fingerprint density at radius 3 is 2.55 bits per heavy atom. The molecule has 2 heterocycles. The number of aryl methyl sites for hydroxylation is 2. The fourth-order valence-electron chi connectivity index (χ4n) is 3.24. The Labute approximate surface area is 169 Å². The molecule has 29 heavy (non-hydrogen) atoms. The van der Waals surface area contributed by atoms with E-state index in [1.54, 1.807) is 16.8 Å². The molecule has 2 aromatic heterocycles. The summed E-state index contributed by atoms with van der Waals surface area (Å²) < 4.78 is 35.3. The van der Waals surface area contributed by atoms with Gasteiger partial charge in [-0.15, -0.1) is 0 Å². The number of aromatic nitrogens is 3. The van der Waals surface area contributed by atoms with Crippen LogP contribution in [0.3, 0.4) is 0 Å². The molecule has 0 aliphatic carbocycles. The summed E-state index contributed by atoms with van der Waals surface area (Å²) in [4.78, 5) is 4.89. The van der Waals surface area contributed by atoms with E-state index in [1.807, 2.05) is 38.1 Å². The Morgan fingerprint density at radius 1 is 1.10 bits per heavy atom. The summed E-state index contributed by atoms with van der Waals surface area (Å²) in [5, 5.41) is 6.12. The highest BCUT2D eigenvalue weighted by atomic mass is 32.2. The number of methoxy groups -OCH3 is 1.